The van der Waals surface area contributed by atoms with Crippen LogP contribution in [0, 0.1) is 0 Å². The number of benzene rings is 2. The maximum absolute atomic E-state index is 11.5. The Morgan fingerprint density at radius 1 is 1.12 bits per heavy atom. The van der Waals surface area contributed by atoms with Crippen LogP contribution in [-0.2, 0) is 11.3 Å². The highest BCUT2D eigenvalue weighted by Gasteiger charge is 2.19. The second-order valence-electron chi connectivity index (χ2n) is 6.23. The minimum absolute atomic E-state index is 0.323. The first-order chi connectivity index (χ1) is 11.7. The molecule has 4 heteroatoms. The highest BCUT2D eigenvalue weighted by Crippen LogP contribution is 2.24. The fraction of sp³-hybridized carbons (Fsp3) is 0.350. The summed E-state index contributed by atoms with van der Waals surface area (Å²) >= 11 is 0. The van der Waals surface area contributed by atoms with Crippen LogP contribution in [0.25, 0.3) is 0 Å². The van der Waals surface area contributed by atoms with E-state index in [0.717, 1.165) is 29.7 Å². The number of hydrogen-bond donors (Lipinski definition) is 2. The number of carboxylic acid groups (broad SMARTS) is 1. The summed E-state index contributed by atoms with van der Waals surface area (Å²) in [7, 11) is 0. The first kappa shape index (κ1) is 16.5. The van der Waals surface area contributed by atoms with Crippen molar-refractivity contribution < 1.29 is 14.6 Å². The van der Waals surface area contributed by atoms with E-state index in [4.69, 9.17) is 4.74 Å². The molecule has 0 bridgehead atoms. The van der Waals surface area contributed by atoms with E-state index in [9.17, 15) is 9.90 Å². The Morgan fingerprint density at radius 3 is 2.58 bits per heavy atom. The summed E-state index contributed by atoms with van der Waals surface area (Å²) in [5.41, 5.74) is 1.77. The molecule has 0 aliphatic heterocycles. The van der Waals surface area contributed by atoms with Crippen molar-refractivity contribution in [2.24, 2.45) is 0 Å². The quantitative estimate of drug-likeness (QED) is 0.810. The van der Waals surface area contributed by atoms with Crippen molar-refractivity contribution in [2.45, 2.75) is 44.4 Å². The number of carbonyl (C=O) groups is 1. The largest absolute Gasteiger partial charge is 0.490 e. The van der Waals surface area contributed by atoms with Gasteiger partial charge in [-0.05, 0) is 48.9 Å². The van der Waals surface area contributed by atoms with Gasteiger partial charge in [0.05, 0.1) is 6.10 Å². The summed E-state index contributed by atoms with van der Waals surface area (Å²) < 4.78 is 6.01. The van der Waals surface area contributed by atoms with Crippen LogP contribution in [0.15, 0.2) is 54.6 Å². The van der Waals surface area contributed by atoms with Crippen molar-refractivity contribution in [3.63, 3.8) is 0 Å². The van der Waals surface area contributed by atoms with E-state index in [0.29, 0.717) is 12.6 Å². The zero-order valence-corrected chi connectivity index (χ0v) is 13.7. The van der Waals surface area contributed by atoms with Crippen LogP contribution in [0.4, 0.5) is 0 Å². The molecule has 2 aromatic rings. The van der Waals surface area contributed by atoms with Crippen molar-refractivity contribution in [2.75, 3.05) is 0 Å². The lowest BCUT2D eigenvalue weighted by Crippen LogP contribution is -2.28. The molecule has 0 spiro atoms. The molecule has 2 aromatic carbocycles. The Kier molecular flexibility index (Phi) is 5.49. The lowest BCUT2D eigenvalue weighted by atomic mass is 10.1. The van der Waals surface area contributed by atoms with Gasteiger partial charge in [-0.2, -0.15) is 0 Å². The van der Waals surface area contributed by atoms with Crippen molar-refractivity contribution >= 4 is 5.97 Å². The Bertz CT molecular complexity index is 666. The van der Waals surface area contributed by atoms with Gasteiger partial charge in [-0.3, -0.25) is 10.1 Å². The molecular formula is C20H23NO3. The van der Waals surface area contributed by atoms with Gasteiger partial charge in [0.2, 0.25) is 0 Å². The van der Waals surface area contributed by atoms with Gasteiger partial charge >= 0.3 is 5.97 Å². The molecule has 1 aliphatic rings. The highest BCUT2D eigenvalue weighted by molar-refractivity contribution is 5.75. The second kappa shape index (κ2) is 7.97. The minimum Gasteiger partial charge on any atom is -0.490 e. The molecule has 0 heterocycles. The van der Waals surface area contributed by atoms with Gasteiger partial charge in [-0.25, -0.2) is 0 Å². The van der Waals surface area contributed by atoms with E-state index in [1.165, 1.54) is 12.8 Å². The van der Waals surface area contributed by atoms with Crippen LogP contribution in [0.1, 0.15) is 42.9 Å². The molecule has 3 rings (SSSR count). The topological polar surface area (TPSA) is 58.6 Å². The first-order valence-electron chi connectivity index (χ1n) is 8.49. The smallest absolute Gasteiger partial charge is 0.325 e. The predicted octanol–water partition coefficient (Wildman–Crippen LogP) is 3.92. The number of rotatable bonds is 7. The van der Waals surface area contributed by atoms with Gasteiger partial charge < -0.3 is 9.84 Å². The van der Waals surface area contributed by atoms with Gasteiger partial charge in [-0.1, -0.05) is 42.5 Å². The monoisotopic (exact) mass is 325 g/mol. The van der Waals surface area contributed by atoms with Crippen LogP contribution in [0.3, 0.4) is 0 Å². The number of aliphatic carboxylic acids is 1. The van der Waals surface area contributed by atoms with Crippen LogP contribution in [-0.4, -0.2) is 17.2 Å². The Morgan fingerprint density at radius 2 is 1.88 bits per heavy atom. The maximum atomic E-state index is 11.5. The van der Waals surface area contributed by atoms with E-state index in [1.807, 2.05) is 54.6 Å². The molecule has 0 amide bonds. The van der Waals surface area contributed by atoms with Gasteiger partial charge in [0.25, 0.3) is 0 Å². The van der Waals surface area contributed by atoms with Gasteiger partial charge in [0.1, 0.15) is 11.8 Å². The predicted molar refractivity (Wildman–Crippen MR) is 93.0 cm³/mol. The van der Waals surface area contributed by atoms with Crippen LogP contribution >= 0.6 is 0 Å². The standard InChI is InChI=1S/C20H23NO3/c22-20(23)19(16-8-2-1-3-9-16)21-14-15-7-6-12-18(13-15)24-17-10-4-5-11-17/h1-3,6-9,12-13,17,19,21H,4-5,10-11,14H2,(H,22,23)/t19-/m0/s1. The van der Waals surface area contributed by atoms with Crippen LogP contribution in [0.2, 0.25) is 0 Å². The van der Waals surface area contributed by atoms with E-state index >= 15 is 0 Å². The first-order valence-corrected chi connectivity index (χ1v) is 8.49. The second-order valence-corrected chi connectivity index (χ2v) is 6.23. The third-order valence-electron chi connectivity index (χ3n) is 4.39. The molecular weight excluding hydrogens is 302 g/mol. The van der Waals surface area contributed by atoms with E-state index in [1.54, 1.807) is 0 Å². The summed E-state index contributed by atoms with van der Waals surface area (Å²) in [6.07, 6.45) is 5.05. The zero-order chi connectivity index (χ0) is 16.8. The molecule has 0 aromatic heterocycles. The summed E-state index contributed by atoms with van der Waals surface area (Å²) in [6.45, 7) is 0.480. The molecule has 2 N–H and O–H groups in total. The average Bonchev–Trinajstić information content (AvgIpc) is 3.09. The normalized spacial score (nSPS) is 16.0. The number of carboxylic acids is 1. The lowest BCUT2D eigenvalue weighted by Gasteiger charge is -2.16. The van der Waals surface area contributed by atoms with Crippen LogP contribution < -0.4 is 10.1 Å². The molecule has 1 aliphatic carbocycles. The number of nitrogens with one attached hydrogen (secondary N) is 1. The number of ether oxygens (including phenoxy) is 1. The number of hydrogen-bond acceptors (Lipinski definition) is 3. The molecule has 0 radical (unpaired) electrons. The Balaban J connectivity index is 1.63. The third kappa shape index (κ3) is 4.36. The van der Waals surface area contributed by atoms with Gasteiger partial charge in [0.15, 0.2) is 0 Å². The van der Waals surface area contributed by atoms with Crippen molar-refractivity contribution in [1.29, 1.82) is 0 Å². The van der Waals surface area contributed by atoms with Gasteiger partial charge in [0, 0.05) is 6.54 Å². The molecule has 1 atom stereocenters. The Labute approximate surface area is 142 Å². The van der Waals surface area contributed by atoms with Gasteiger partial charge in [-0.15, -0.1) is 0 Å². The van der Waals surface area contributed by atoms with Crippen LogP contribution in [0.5, 0.6) is 5.75 Å². The summed E-state index contributed by atoms with van der Waals surface area (Å²) in [4.78, 5) is 11.5. The summed E-state index contributed by atoms with van der Waals surface area (Å²) in [5, 5.41) is 12.6. The van der Waals surface area contributed by atoms with Crippen molar-refractivity contribution in [3.05, 3.63) is 65.7 Å². The average molecular weight is 325 g/mol. The third-order valence-corrected chi connectivity index (χ3v) is 4.39. The van der Waals surface area contributed by atoms with E-state index in [2.05, 4.69) is 5.32 Å². The zero-order valence-electron chi connectivity index (χ0n) is 13.7. The molecule has 1 fully saturated rings. The van der Waals surface area contributed by atoms with E-state index < -0.39 is 12.0 Å². The van der Waals surface area contributed by atoms with Crippen molar-refractivity contribution in [3.8, 4) is 5.75 Å². The molecule has 1 saturated carbocycles. The fourth-order valence-electron chi connectivity index (χ4n) is 3.14. The fourth-order valence-corrected chi connectivity index (χ4v) is 3.14. The highest BCUT2D eigenvalue weighted by atomic mass is 16.5. The summed E-state index contributed by atoms with van der Waals surface area (Å²) in [6, 6.07) is 16.4. The molecule has 4 nitrogen and oxygen atoms in total. The molecule has 24 heavy (non-hydrogen) atoms. The SMILES string of the molecule is O=C(O)[C@@H](NCc1cccc(OC2CCCC2)c1)c1ccccc1. The van der Waals surface area contributed by atoms with E-state index in [-0.39, 0.29) is 0 Å². The maximum Gasteiger partial charge on any atom is 0.325 e. The summed E-state index contributed by atoms with van der Waals surface area (Å²) in [5.74, 6) is -0.00709. The molecule has 0 unspecified atom stereocenters. The van der Waals surface area contributed by atoms with Crippen molar-refractivity contribution in [1.82, 2.24) is 5.32 Å². The molecule has 0 saturated heterocycles. The minimum atomic E-state index is -0.875. The Hall–Kier alpha value is -2.33. The lowest BCUT2D eigenvalue weighted by molar-refractivity contribution is -0.139. The molecule has 126 valence electrons.